The lowest BCUT2D eigenvalue weighted by Crippen LogP contribution is -2.41. The maximum absolute atomic E-state index is 13.6. The number of Topliss-reactive ketones (excluding diaryl/α,β-unsaturated/α-hetero) is 1. The zero-order chi connectivity index (χ0) is 20.8. The van der Waals surface area contributed by atoms with E-state index in [1.807, 2.05) is 36.6 Å². The Bertz CT molecular complexity index is 999. The van der Waals surface area contributed by atoms with Crippen molar-refractivity contribution in [2.75, 3.05) is 11.5 Å². The molecule has 156 valence electrons. The fraction of sp³-hybridized carbons (Fsp3) is 0.435. The molecule has 1 aromatic carbocycles. The molecule has 1 saturated carbocycles. The van der Waals surface area contributed by atoms with Crippen LogP contribution in [0.25, 0.3) is 0 Å². The molecule has 5 rings (SSSR count). The fourth-order valence-corrected chi connectivity index (χ4v) is 5.50. The molecule has 1 aliphatic carbocycles. The molecule has 4 unspecified atom stereocenters. The highest BCUT2D eigenvalue weighted by atomic mass is 32.1. The molecule has 4 atom stereocenters. The topological polar surface area (TPSA) is 68.7 Å². The quantitative estimate of drug-likeness (QED) is 0.732. The Labute approximate surface area is 179 Å². The molecular formula is C23H24N2O4S. The van der Waals surface area contributed by atoms with Gasteiger partial charge in [0.05, 0.1) is 24.1 Å². The number of rotatable bonds is 4. The third kappa shape index (κ3) is 3.03. The number of anilines is 1. The van der Waals surface area contributed by atoms with Gasteiger partial charge in [0.25, 0.3) is 5.91 Å². The van der Waals surface area contributed by atoms with Gasteiger partial charge >= 0.3 is 0 Å². The summed E-state index contributed by atoms with van der Waals surface area (Å²) in [7, 11) is 0. The number of nitrogens with zero attached hydrogens (tertiary/aromatic N) is 2. The van der Waals surface area contributed by atoms with Gasteiger partial charge in [0.1, 0.15) is 11.9 Å². The predicted octanol–water partition coefficient (Wildman–Crippen LogP) is 4.29. The summed E-state index contributed by atoms with van der Waals surface area (Å²) in [4.78, 5) is 33.0. The Morgan fingerprint density at radius 1 is 1.23 bits per heavy atom. The summed E-state index contributed by atoms with van der Waals surface area (Å²) >= 11 is 1.38. The highest BCUT2D eigenvalue weighted by Crippen LogP contribution is 2.49. The molecule has 1 amide bonds. The van der Waals surface area contributed by atoms with E-state index in [0.717, 1.165) is 30.6 Å². The molecule has 3 heterocycles. The number of carbonyl (C=O) groups excluding carboxylic acids is 2. The van der Waals surface area contributed by atoms with Crippen molar-refractivity contribution in [1.29, 1.82) is 0 Å². The molecule has 30 heavy (non-hydrogen) atoms. The van der Waals surface area contributed by atoms with Crippen molar-refractivity contribution in [3.05, 3.63) is 52.7 Å². The third-order valence-electron chi connectivity index (χ3n) is 6.24. The third-order valence-corrected chi connectivity index (χ3v) is 7.01. The molecule has 0 spiro atoms. The predicted molar refractivity (Wildman–Crippen MR) is 113 cm³/mol. The summed E-state index contributed by atoms with van der Waals surface area (Å²) in [6.45, 7) is 4.69. The van der Waals surface area contributed by atoms with Crippen molar-refractivity contribution in [3.63, 3.8) is 0 Å². The summed E-state index contributed by atoms with van der Waals surface area (Å²) in [5, 5.41) is 2.40. The van der Waals surface area contributed by atoms with Crippen LogP contribution in [0.1, 0.15) is 44.7 Å². The first-order valence-corrected chi connectivity index (χ1v) is 11.4. The van der Waals surface area contributed by atoms with E-state index < -0.39 is 6.04 Å². The van der Waals surface area contributed by atoms with Crippen molar-refractivity contribution in [2.45, 2.75) is 45.3 Å². The summed E-state index contributed by atoms with van der Waals surface area (Å²) in [5.41, 5.74) is 1.33. The molecule has 0 N–H and O–H groups in total. The van der Waals surface area contributed by atoms with Crippen molar-refractivity contribution in [3.8, 4) is 5.75 Å². The number of fused-ring (bicyclic) bond motifs is 1. The van der Waals surface area contributed by atoms with Gasteiger partial charge in [0.15, 0.2) is 16.7 Å². The molecule has 0 radical (unpaired) electrons. The minimum absolute atomic E-state index is 0.0547. The van der Waals surface area contributed by atoms with Crippen LogP contribution in [0.4, 0.5) is 5.13 Å². The normalized spacial score (nSPS) is 28.3. The molecule has 1 fully saturated rings. The number of amides is 1. The van der Waals surface area contributed by atoms with Crippen molar-refractivity contribution in [2.24, 2.45) is 11.8 Å². The molecule has 6 nitrogen and oxygen atoms in total. The second-order valence-corrected chi connectivity index (χ2v) is 9.06. The van der Waals surface area contributed by atoms with Gasteiger partial charge in [0, 0.05) is 11.6 Å². The molecule has 2 aliphatic heterocycles. The van der Waals surface area contributed by atoms with Crippen LogP contribution in [0.3, 0.4) is 0 Å². The molecule has 3 aliphatic rings. The van der Waals surface area contributed by atoms with Crippen LogP contribution >= 0.6 is 11.3 Å². The first kappa shape index (κ1) is 19.3. The Kier molecular flexibility index (Phi) is 4.85. The van der Waals surface area contributed by atoms with E-state index in [2.05, 4.69) is 11.9 Å². The van der Waals surface area contributed by atoms with Crippen LogP contribution in [-0.2, 0) is 14.3 Å². The first-order valence-electron chi connectivity index (χ1n) is 10.5. The fourth-order valence-electron chi connectivity index (χ4n) is 4.84. The minimum Gasteiger partial charge on any atom is -0.494 e. The number of hydrogen-bond acceptors (Lipinski definition) is 6. The number of hydrogen-bond donors (Lipinski definition) is 0. The van der Waals surface area contributed by atoms with Gasteiger partial charge in [-0.15, -0.1) is 11.3 Å². The molecule has 7 heteroatoms. The average Bonchev–Trinajstić information content (AvgIpc) is 3.36. The maximum atomic E-state index is 13.6. The van der Waals surface area contributed by atoms with Crippen LogP contribution in [0, 0.1) is 11.8 Å². The molecule has 2 aromatic rings. The number of aromatic nitrogens is 1. The number of ether oxygens (including phenoxy) is 2. The zero-order valence-corrected chi connectivity index (χ0v) is 17.9. The Morgan fingerprint density at radius 2 is 2.03 bits per heavy atom. The second kappa shape index (κ2) is 7.54. The Morgan fingerprint density at radius 3 is 2.73 bits per heavy atom. The van der Waals surface area contributed by atoms with E-state index in [0.29, 0.717) is 23.2 Å². The highest BCUT2D eigenvalue weighted by molar-refractivity contribution is 7.13. The highest BCUT2D eigenvalue weighted by Gasteiger charge is 2.53. The van der Waals surface area contributed by atoms with Gasteiger partial charge in [-0.05, 0) is 49.8 Å². The standard InChI is InChI=1S/C23H24N2O4S/c1-3-28-15-7-5-14(6-8-15)19-18-20(26)16-12-13(2)4-9-17(16)29-21(18)22(27)25(19)23-24-10-11-30-23/h5-8,10-11,13,16-17,19H,3-4,9,12H2,1-2H3. The van der Waals surface area contributed by atoms with Crippen molar-refractivity contribution in [1.82, 2.24) is 4.98 Å². The number of carbonyl (C=O) groups is 2. The van der Waals surface area contributed by atoms with Gasteiger partial charge in [-0.25, -0.2) is 4.98 Å². The lowest BCUT2D eigenvalue weighted by Gasteiger charge is -2.37. The maximum Gasteiger partial charge on any atom is 0.296 e. The SMILES string of the molecule is CCOc1ccc(C2C3=C(OC4CCC(C)CC4C3=O)C(=O)N2c2nccs2)cc1. The second-order valence-electron chi connectivity index (χ2n) is 8.18. The average molecular weight is 425 g/mol. The van der Waals surface area contributed by atoms with Crippen LogP contribution in [0.2, 0.25) is 0 Å². The van der Waals surface area contributed by atoms with Crippen LogP contribution in [-0.4, -0.2) is 29.4 Å². The van der Waals surface area contributed by atoms with Crippen LogP contribution in [0.15, 0.2) is 47.2 Å². The lowest BCUT2D eigenvalue weighted by molar-refractivity contribution is -0.132. The van der Waals surface area contributed by atoms with Gasteiger partial charge < -0.3 is 9.47 Å². The Balaban J connectivity index is 1.59. The van der Waals surface area contributed by atoms with E-state index in [-0.39, 0.29) is 29.5 Å². The first-order chi connectivity index (χ1) is 14.6. The van der Waals surface area contributed by atoms with Gasteiger partial charge in [-0.2, -0.15) is 0 Å². The van der Waals surface area contributed by atoms with E-state index in [1.165, 1.54) is 11.3 Å². The van der Waals surface area contributed by atoms with Gasteiger partial charge in [-0.1, -0.05) is 19.1 Å². The number of thiazole rings is 1. The zero-order valence-electron chi connectivity index (χ0n) is 17.0. The van der Waals surface area contributed by atoms with E-state index in [4.69, 9.17) is 9.47 Å². The van der Waals surface area contributed by atoms with Gasteiger partial charge in [0.2, 0.25) is 0 Å². The summed E-state index contributed by atoms with van der Waals surface area (Å²) in [6.07, 6.45) is 4.11. The van der Waals surface area contributed by atoms with E-state index in [9.17, 15) is 9.59 Å². The molecular weight excluding hydrogens is 400 g/mol. The minimum atomic E-state index is -0.528. The van der Waals surface area contributed by atoms with Crippen LogP contribution < -0.4 is 9.64 Å². The van der Waals surface area contributed by atoms with Gasteiger partial charge in [-0.3, -0.25) is 14.5 Å². The number of ketones is 1. The Hall–Kier alpha value is -2.67. The largest absolute Gasteiger partial charge is 0.494 e. The van der Waals surface area contributed by atoms with Crippen molar-refractivity contribution >= 4 is 28.2 Å². The monoisotopic (exact) mass is 424 g/mol. The summed E-state index contributed by atoms with van der Waals surface area (Å²) < 4.78 is 11.8. The number of benzene rings is 1. The van der Waals surface area contributed by atoms with E-state index in [1.54, 1.807) is 11.1 Å². The lowest BCUT2D eigenvalue weighted by atomic mass is 9.74. The molecule has 0 saturated heterocycles. The van der Waals surface area contributed by atoms with Crippen LogP contribution in [0.5, 0.6) is 5.75 Å². The smallest absolute Gasteiger partial charge is 0.296 e. The summed E-state index contributed by atoms with van der Waals surface area (Å²) in [6, 6.07) is 7.06. The molecule has 1 aromatic heterocycles. The summed E-state index contributed by atoms with van der Waals surface area (Å²) in [5.74, 6) is 1.06. The van der Waals surface area contributed by atoms with E-state index >= 15 is 0 Å². The molecule has 0 bridgehead atoms. The van der Waals surface area contributed by atoms with Crippen molar-refractivity contribution < 1.29 is 19.1 Å².